The number of rotatable bonds is 1. The molecule has 0 radical (unpaired) electrons. The van der Waals surface area contributed by atoms with Gasteiger partial charge in [0, 0.05) is 6.61 Å². The molecule has 0 saturated carbocycles. The maximum atomic E-state index is 9.18. The molecule has 0 bridgehead atoms. The number of hydrogen-bond donors (Lipinski definition) is 1. The molecule has 2 rings (SSSR count). The average Bonchev–Trinajstić information content (AvgIpc) is 2.23. The smallest absolute Gasteiger partial charge is 0.0462 e. The zero-order chi connectivity index (χ0) is 10.1. The molecule has 76 valence electrons. The summed E-state index contributed by atoms with van der Waals surface area (Å²) in [6.07, 6.45) is 3.35. The van der Waals surface area contributed by atoms with E-state index in [4.69, 9.17) is 0 Å². The monoisotopic (exact) mass is 190 g/mol. The standard InChI is InChI=1S/C13H18O/c1-9-3-5-12-6-4-11(8-14)7-13(12)10(9)2/h3,5,11,14H,4,6-8H2,1-2H3. The highest BCUT2D eigenvalue weighted by molar-refractivity contribution is 5.41. The molecule has 14 heavy (non-hydrogen) atoms. The molecular formula is C13H18O. The van der Waals surface area contributed by atoms with Gasteiger partial charge in [0.2, 0.25) is 0 Å². The van der Waals surface area contributed by atoms with Gasteiger partial charge in [-0.2, -0.15) is 0 Å². The summed E-state index contributed by atoms with van der Waals surface area (Å²) in [7, 11) is 0. The van der Waals surface area contributed by atoms with E-state index < -0.39 is 0 Å². The summed E-state index contributed by atoms with van der Waals surface area (Å²) in [5, 5.41) is 9.18. The van der Waals surface area contributed by atoms with Gasteiger partial charge in [-0.25, -0.2) is 0 Å². The summed E-state index contributed by atoms with van der Waals surface area (Å²) in [5.41, 5.74) is 5.80. The van der Waals surface area contributed by atoms with Crippen LogP contribution in [0, 0.1) is 19.8 Å². The second-order valence-electron chi connectivity index (χ2n) is 4.44. The third-order valence-corrected chi connectivity index (χ3v) is 3.54. The first-order valence-corrected chi connectivity index (χ1v) is 5.41. The van der Waals surface area contributed by atoms with Crippen molar-refractivity contribution in [3.63, 3.8) is 0 Å². The molecule has 0 aromatic heterocycles. The van der Waals surface area contributed by atoms with E-state index in [1.54, 1.807) is 0 Å². The molecule has 1 N–H and O–H groups in total. The summed E-state index contributed by atoms with van der Waals surface area (Å²) in [6, 6.07) is 4.47. The average molecular weight is 190 g/mol. The van der Waals surface area contributed by atoms with Gasteiger partial charge in [-0.05, 0) is 61.3 Å². The third kappa shape index (κ3) is 1.57. The Hall–Kier alpha value is -0.820. The van der Waals surface area contributed by atoms with Crippen LogP contribution in [0.4, 0.5) is 0 Å². The van der Waals surface area contributed by atoms with Crippen LogP contribution in [0.2, 0.25) is 0 Å². The number of hydrogen-bond acceptors (Lipinski definition) is 1. The Labute approximate surface area is 85.8 Å². The van der Waals surface area contributed by atoms with Gasteiger partial charge in [0.15, 0.2) is 0 Å². The maximum absolute atomic E-state index is 9.18. The summed E-state index contributed by atoms with van der Waals surface area (Å²) in [6.45, 7) is 4.71. The number of aliphatic hydroxyl groups excluding tert-OH is 1. The van der Waals surface area contributed by atoms with Crippen LogP contribution in [-0.2, 0) is 12.8 Å². The molecule has 0 saturated heterocycles. The molecular weight excluding hydrogens is 172 g/mol. The fourth-order valence-corrected chi connectivity index (χ4v) is 2.35. The largest absolute Gasteiger partial charge is 0.396 e. The number of aryl methyl sites for hydroxylation is 2. The van der Waals surface area contributed by atoms with Crippen molar-refractivity contribution in [1.29, 1.82) is 0 Å². The Morgan fingerprint density at radius 3 is 2.86 bits per heavy atom. The SMILES string of the molecule is Cc1ccc2c(c1C)CC(CO)CC2. The minimum atomic E-state index is 0.340. The van der Waals surface area contributed by atoms with Gasteiger partial charge in [0.05, 0.1) is 0 Å². The first kappa shape index (κ1) is 9.72. The molecule has 1 aromatic carbocycles. The number of benzene rings is 1. The zero-order valence-corrected chi connectivity index (χ0v) is 9.01. The van der Waals surface area contributed by atoms with Gasteiger partial charge in [-0.3, -0.25) is 0 Å². The predicted molar refractivity (Wildman–Crippen MR) is 58.5 cm³/mol. The predicted octanol–water partition coefficient (Wildman–Crippen LogP) is 2.40. The van der Waals surface area contributed by atoms with E-state index >= 15 is 0 Å². The van der Waals surface area contributed by atoms with Gasteiger partial charge < -0.3 is 5.11 Å². The molecule has 1 aliphatic carbocycles. The Balaban J connectivity index is 2.38. The van der Waals surface area contributed by atoms with Crippen molar-refractivity contribution < 1.29 is 5.11 Å². The molecule has 0 amide bonds. The summed E-state index contributed by atoms with van der Waals surface area (Å²) in [4.78, 5) is 0. The molecule has 1 nitrogen and oxygen atoms in total. The Kier molecular flexibility index (Phi) is 2.60. The highest BCUT2D eigenvalue weighted by atomic mass is 16.3. The van der Waals surface area contributed by atoms with Gasteiger partial charge in [0.1, 0.15) is 0 Å². The van der Waals surface area contributed by atoms with Gasteiger partial charge in [-0.1, -0.05) is 12.1 Å². The fraction of sp³-hybridized carbons (Fsp3) is 0.538. The minimum absolute atomic E-state index is 0.340. The summed E-state index contributed by atoms with van der Waals surface area (Å²) in [5.74, 6) is 0.489. The van der Waals surface area contributed by atoms with Crippen LogP contribution in [-0.4, -0.2) is 11.7 Å². The lowest BCUT2D eigenvalue weighted by Gasteiger charge is -2.25. The second-order valence-corrected chi connectivity index (χ2v) is 4.44. The van der Waals surface area contributed by atoms with Gasteiger partial charge in [-0.15, -0.1) is 0 Å². The normalized spacial score (nSPS) is 20.6. The van der Waals surface area contributed by atoms with E-state index in [2.05, 4.69) is 26.0 Å². The van der Waals surface area contributed by atoms with Crippen LogP contribution in [0.3, 0.4) is 0 Å². The van der Waals surface area contributed by atoms with E-state index in [9.17, 15) is 5.11 Å². The van der Waals surface area contributed by atoms with Crippen molar-refractivity contribution in [3.05, 3.63) is 34.4 Å². The molecule has 1 heteroatoms. The van der Waals surface area contributed by atoms with Crippen LogP contribution in [0.15, 0.2) is 12.1 Å². The first-order chi connectivity index (χ1) is 6.72. The Bertz CT molecular complexity index is 341. The Morgan fingerprint density at radius 1 is 1.36 bits per heavy atom. The van der Waals surface area contributed by atoms with Crippen molar-refractivity contribution in [2.75, 3.05) is 6.61 Å². The van der Waals surface area contributed by atoms with Gasteiger partial charge >= 0.3 is 0 Å². The third-order valence-electron chi connectivity index (χ3n) is 3.54. The zero-order valence-electron chi connectivity index (χ0n) is 9.01. The topological polar surface area (TPSA) is 20.2 Å². The molecule has 0 heterocycles. The highest BCUT2D eigenvalue weighted by Crippen LogP contribution is 2.29. The maximum Gasteiger partial charge on any atom is 0.0462 e. The van der Waals surface area contributed by atoms with Crippen LogP contribution in [0.1, 0.15) is 28.7 Å². The molecule has 0 fully saturated rings. The van der Waals surface area contributed by atoms with E-state index in [-0.39, 0.29) is 0 Å². The lowest BCUT2D eigenvalue weighted by atomic mass is 9.81. The molecule has 1 aromatic rings. The quantitative estimate of drug-likeness (QED) is 0.721. The molecule has 1 unspecified atom stereocenters. The van der Waals surface area contributed by atoms with Crippen molar-refractivity contribution in [2.24, 2.45) is 5.92 Å². The fourth-order valence-electron chi connectivity index (χ4n) is 2.35. The Morgan fingerprint density at radius 2 is 2.14 bits per heavy atom. The molecule has 0 aliphatic heterocycles. The lowest BCUT2D eigenvalue weighted by molar-refractivity contribution is 0.213. The van der Waals surface area contributed by atoms with E-state index in [1.165, 1.54) is 22.3 Å². The highest BCUT2D eigenvalue weighted by Gasteiger charge is 2.19. The van der Waals surface area contributed by atoms with E-state index in [1.807, 2.05) is 0 Å². The van der Waals surface area contributed by atoms with E-state index in [0.717, 1.165) is 19.3 Å². The van der Waals surface area contributed by atoms with Crippen LogP contribution in [0.5, 0.6) is 0 Å². The molecule has 0 spiro atoms. The lowest BCUT2D eigenvalue weighted by Crippen LogP contribution is -2.18. The minimum Gasteiger partial charge on any atom is -0.396 e. The van der Waals surface area contributed by atoms with Crippen molar-refractivity contribution >= 4 is 0 Å². The first-order valence-electron chi connectivity index (χ1n) is 5.41. The second kappa shape index (κ2) is 3.74. The van der Waals surface area contributed by atoms with Crippen LogP contribution >= 0.6 is 0 Å². The van der Waals surface area contributed by atoms with E-state index in [0.29, 0.717) is 12.5 Å². The van der Waals surface area contributed by atoms with Crippen LogP contribution in [0.25, 0.3) is 0 Å². The van der Waals surface area contributed by atoms with Gasteiger partial charge in [0.25, 0.3) is 0 Å². The molecule has 1 atom stereocenters. The summed E-state index contributed by atoms with van der Waals surface area (Å²) >= 11 is 0. The van der Waals surface area contributed by atoms with Crippen molar-refractivity contribution in [1.82, 2.24) is 0 Å². The number of aliphatic hydroxyl groups is 1. The summed E-state index contributed by atoms with van der Waals surface area (Å²) < 4.78 is 0. The van der Waals surface area contributed by atoms with Crippen molar-refractivity contribution in [2.45, 2.75) is 33.1 Å². The molecule has 1 aliphatic rings. The van der Waals surface area contributed by atoms with Crippen molar-refractivity contribution in [3.8, 4) is 0 Å². The number of fused-ring (bicyclic) bond motifs is 1. The van der Waals surface area contributed by atoms with Crippen LogP contribution < -0.4 is 0 Å².